The van der Waals surface area contributed by atoms with Gasteiger partial charge in [-0.1, -0.05) is 17.7 Å². The Balaban J connectivity index is 1.47. The molecule has 0 aliphatic carbocycles. The van der Waals surface area contributed by atoms with Gasteiger partial charge in [-0.2, -0.15) is 10.2 Å². The van der Waals surface area contributed by atoms with Crippen molar-refractivity contribution < 1.29 is 4.79 Å². The van der Waals surface area contributed by atoms with E-state index in [4.69, 9.17) is 11.6 Å². The molecule has 26 heavy (non-hydrogen) atoms. The number of rotatable bonds is 4. The van der Waals surface area contributed by atoms with Gasteiger partial charge in [0.25, 0.3) is 0 Å². The van der Waals surface area contributed by atoms with Gasteiger partial charge in [-0.3, -0.25) is 9.69 Å². The number of carbonyl (C=O) groups excluding carboxylic acids is 1. The topological polar surface area (TPSA) is 84.8 Å². The molecule has 130 valence electrons. The van der Waals surface area contributed by atoms with Crippen LogP contribution in [0.15, 0.2) is 48.9 Å². The lowest BCUT2D eigenvalue weighted by Gasteiger charge is -2.15. The highest BCUT2D eigenvalue weighted by molar-refractivity contribution is 6.29. The first-order valence-corrected chi connectivity index (χ1v) is 8.61. The van der Waals surface area contributed by atoms with Crippen molar-refractivity contribution in [3.63, 3.8) is 0 Å². The Morgan fingerprint density at radius 1 is 1.08 bits per heavy atom. The molecule has 8 heteroatoms. The molecule has 4 rings (SSSR count). The summed E-state index contributed by atoms with van der Waals surface area (Å²) in [5.41, 5.74) is 2.53. The third-order valence-electron chi connectivity index (χ3n) is 4.39. The summed E-state index contributed by atoms with van der Waals surface area (Å²) in [4.78, 5) is 18.5. The third-order valence-corrected chi connectivity index (χ3v) is 4.62. The molecule has 0 spiro atoms. The minimum absolute atomic E-state index is 0.0626. The number of carbonyl (C=O) groups is 1. The highest BCUT2D eigenvalue weighted by Crippen LogP contribution is 2.27. The van der Waals surface area contributed by atoms with Crippen molar-refractivity contribution in [3.8, 4) is 11.3 Å². The Morgan fingerprint density at radius 3 is 2.69 bits per heavy atom. The predicted molar refractivity (Wildman–Crippen MR) is 96.5 cm³/mol. The fourth-order valence-corrected chi connectivity index (χ4v) is 3.14. The number of anilines is 1. The van der Waals surface area contributed by atoms with Gasteiger partial charge in [0.05, 0.1) is 18.1 Å². The maximum absolute atomic E-state index is 12.7. The van der Waals surface area contributed by atoms with Crippen LogP contribution in [0.25, 0.3) is 11.3 Å². The van der Waals surface area contributed by atoms with Crippen LogP contribution in [0, 0.1) is 5.92 Å². The number of pyridine rings is 1. The van der Waals surface area contributed by atoms with Crippen molar-refractivity contribution in [1.82, 2.24) is 25.4 Å². The van der Waals surface area contributed by atoms with Gasteiger partial charge in [-0.25, -0.2) is 4.98 Å². The van der Waals surface area contributed by atoms with Gasteiger partial charge in [-0.15, -0.1) is 10.2 Å². The summed E-state index contributed by atoms with van der Waals surface area (Å²) in [6, 6.07) is 9.11. The predicted octanol–water partition coefficient (Wildman–Crippen LogP) is 2.58. The molecule has 1 aliphatic heterocycles. The van der Waals surface area contributed by atoms with Crippen LogP contribution in [0.3, 0.4) is 0 Å². The molecule has 1 aliphatic rings. The van der Waals surface area contributed by atoms with Gasteiger partial charge in [-0.05, 0) is 42.7 Å². The largest absolute Gasteiger partial charge is 0.295 e. The molecule has 1 atom stereocenters. The van der Waals surface area contributed by atoms with E-state index in [-0.39, 0.29) is 11.8 Å². The number of aromatic nitrogens is 5. The minimum Gasteiger partial charge on any atom is -0.295 e. The SMILES string of the molecule is O=C1[C@H](Cc2ccc(Cl)nc2)CCN1c1ccc(-c2ccnnc2)nn1. The van der Waals surface area contributed by atoms with E-state index in [0.29, 0.717) is 29.6 Å². The summed E-state index contributed by atoms with van der Waals surface area (Å²) in [5, 5.41) is 16.5. The van der Waals surface area contributed by atoms with Gasteiger partial charge in [0.15, 0.2) is 5.82 Å². The summed E-state index contributed by atoms with van der Waals surface area (Å²) in [7, 11) is 0. The molecule has 3 aromatic heterocycles. The molecule has 0 N–H and O–H groups in total. The Morgan fingerprint density at radius 2 is 2.00 bits per heavy atom. The molecule has 4 heterocycles. The fraction of sp³-hybridized carbons (Fsp3) is 0.222. The van der Waals surface area contributed by atoms with Crippen molar-refractivity contribution >= 4 is 23.3 Å². The second-order valence-electron chi connectivity index (χ2n) is 6.08. The monoisotopic (exact) mass is 366 g/mol. The van der Waals surface area contributed by atoms with Crippen LogP contribution in [0.1, 0.15) is 12.0 Å². The van der Waals surface area contributed by atoms with E-state index in [1.807, 2.05) is 24.3 Å². The summed E-state index contributed by atoms with van der Waals surface area (Å²) in [6.07, 6.45) is 6.37. The smallest absolute Gasteiger partial charge is 0.231 e. The van der Waals surface area contributed by atoms with E-state index < -0.39 is 0 Å². The van der Waals surface area contributed by atoms with E-state index in [2.05, 4.69) is 25.4 Å². The van der Waals surface area contributed by atoms with Gasteiger partial charge >= 0.3 is 0 Å². The summed E-state index contributed by atoms with van der Waals surface area (Å²) in [5.74, 6) is 0.550. The third kappa shape index (κ3) is 3.39. The average Bonchev–Trinajstić information content (AvgIpc) is 3.05. The molecule has 1 saturated heterocycles. The number of nitrogens with zero attached hydrogens (tertiary/aromatic N) is 6. The number of halogens is 1. The first kappa shape index (κ1) is 16.5. The highest BCUT2D eigenvalue weighted by Gasteiger charge is 2.33. The molecule has 0 unspecified atom stereocenters. The first-order valence-electron chi connectivity index (χ1n) is 8.23. The average molecular weight is 367 g/mol. The zero-order valence-corrected chi connectivity index (χ0v) is 14.5. The van der Waals surface area contributed by atoms with Gasteiger partial charge in [0.1, 0.15) is 5.15 Å². The summed E-state index contributed by atoms with van der Waals surface area (Å²) < 4.78 is 0. The maximum Gasteiger partial charge on any atom is 0.231 e. The Bertz CT molecular complexity index is 901. The van der Waals surface area contributed by atoms with Crippen LogP contribution in [0.2, 0.25) is 5.15 Å². The van der Waals surface area contributed by atoms with E-state index >= 15 is 0 Å². The van der Waals surface area contributed by atoms with Crippen molar-refractivity contribution in [3.05, 3.63) is 59.6 Å². The van der Waals surface area contributed by atoms with Gasteiger partial charge in [0, 0.05) is 24.2 Å². The van der Waals surface area contributed by atoms with Crippen LogP contribution in [0.4, 0.5) is 5.82 Å². The zero-order valence-electron chi connectivity index (χ0n) is 13.8. The quantitative estimate of drug-likeness (QED) is 0.660. The molecular formula is C18H15ClN6O. The Kier molecular flexibility index (Phi) is 4.53. The number of amides is 1. The molecule has 1 amide bonds. The summed E-state index contributed by atoms with van der Waals surface area (Å²) >= 11 is 5.81. The molecular weight excluding hydrogens is 352 g/mol. The van der Waals surface area contributed by atoms with Crippen LogP contribution >= 0.6 is 11.6 Å². The van der Waals surface area contributed by atoms with Gasteiger partial charge < -0.3 is 0 Å². The molecule has 1 fully saturated rings. The van der Waals surface area contributed by atoms with Crippen LogP contribution < -0.4 is 4.90 Å². The van der Waals surface area contributed by atoms with E-state index in [0.717, 1.165) is 17.5 Å². The van der Waals surface area contributed by atoms with Crippen molar-refractivity contribution in [1.29, 1.82) is 0 Å². The van der Waals surface area contributed by atoms with E-state index in [9.17, 15) is 4.79 Å². The normalized spacial score (nSPS) is 16.9. The standard InChI is InChI=1S/C18H15ClN6O/c19-16-3-1-12(10-20-16)9-13-6-8-25(18(13)26)17-4-2-15(23-24-17)14-5-7-21-22-11-14/h1-5,7,10-11,13H,6,8-9H2/t13-/m0/s1. The molecule has 0 radical (unpaired) electrons. The summed E-state index contributed by atoms with van der Waals surface area (Å²) in [6.45, 7) is 0.634. The Hall–Kier alpha value is -2.93. The number of hydrogen-bond donors (Lipinski definition) is 0. The lowest BCUT2D eigenvalue weighted by molar-refractivity contribution is -0.120. The minimum atomic E-state index is -0.0798. The maximum atomic E-state index is 12.7. The molecule has 0 bridgehead atoms. The Labute approximate surface area is 155 Å². The molecule has 7 nitrogen and oxygen atoms in total. The molecule has 3 aromatic rings. The van der Waals surface area contributed by atoms with Gasteiger partial charge in [0.2, 0.25) is 5.91 Å². The molecule has 0 aromatic carbocycles. The number of hydrogen-bond acceptors (Lipinski definition) is 6. The van der Waals surface area contributed by atoms with Crippen molar-refractivity contribution in [2.45, 2.75) is 12.8 Å². The van der Waals surface area contributed by atoms with Crippen LogP contribution in [0.5, 0.6) is 0 Å². The van der Waals surface area contributed by atoms with Crippen LogP contribution in [-0.4, -0.2) is 37.8 Å². The fourth-order valence-electron chi connectivity index (χ4n) is 3.03. The first-order chi connectivity index (χ1) is 12.7. The second kappa shape index (κ2) is 7.13. The van der Waals surface area contributed by atoms with Crippen LogP contribution in [-0.2, 0) is 11.2 Å². The van der Waals surface area contributed by atoms with E-state index in [1.54, 1.807) is 29.6 Å². The van der Waals surface area contributed by atoms with Crippen molar-refractivity contribution in [2.24, 2.45) is 5.92 Å². The lowest BCUT2D eigenvalue weighted by atomic mass is 9.99. The van der Waals surface area contributed by atoms with Crippen molar-refractivity contribution in [2.75, 3.05) is 11.4 Å². The second-order valence-corrected chi connectivity index (χ2v) is 6.46. The highest BCUT2D eigenvalue weighted by atomic mass is 35.5. The molecule has 0 saturated carbocycles. The zero-order chi connectivity index (χ0) is 17.9. The lowest BCUT2D eigenvalue weighted by Crippen LogP contribution is -2.28. The van der Waals surface area contributed by atoms with E-state index in [1.165, 1.54) is 0 Å².